The summed E-state index contributed by atoms with van der Waals surface area (Å²) in [6.07, 6.45) is 6.44. The van der Waals surface area contributed by atoms with Gasteiger partial charge in [-0.2, -0.15) is 0 Å². The van der Waals surface area contributed by atoms with Crippen LogP contribution >= 0.6 is 0 Å². The highest BCUT2D eigenvalue weighted by molar-refractivity contribution is 6.09. The molecular weight excluding hydrogens is 552 g/mol. The molecule has 0 fully saturated rings. The van der Waals surface area contributed by atoms with Gasteiger partial charge in [0.15, 0.2) is 11.6 Å². The Balaban J connectivity index is 1.43. The number of ether oxygens (including phenoxy) is 4. The Morgan fingerprint density at radius 1 is 0.409 bits per heavy atom. The molecule has 0 N–H and O–H groups in total. The first-order chi connectivity index (χ1) is 21.5. The lowest BCUT2D eigenvalue weighted by Crippen LogP contribution is -2.11. The number of fused-ring (bicyclic) bond motifs is 4. The number of rotatable bonds is 0. The lowest BCUT2D eigenvalue weighted by Gasteiger charge is -2.14. The van der Waals surface area contributed by atoms with Crippen LogP contribution in [0.25, 0.3) is 12.2 Å². The summed E-state index contributed by atoms with van der Waals surface area (Å²) in [6, 6.07) is 29.0. The van der Waals surface area contributed by atoms with Gasteiger partial charge in [0.25, 0.3) is 0 Å². The summed E-state index contributed by atoms with van der Waals surface area (Å²) in [7, 11) is 0. The largest absolute Gasteiger partial charge is 0.489 e. The van der Waals surface area contributed by atoms with Crippen molar-refractivity contribution in [2.75, 3.05) is 26.4 Å². The van der Waals surface area contributed by atoms with E-state index in [-0.39, 0.29) is 38.0 Å². The summed E-state index contributed by atoms with van der Waals surface area (Å²) < 4.78 is 24.0. The number of para-hydroxylation sites is 4. The predicted molar refractivity (Wildman–Crippen MR) is 173 cm³/mol. The van der Waals surface area contributed by atoms with Crippen LogP contribution in [0.3, 0.4) is 0 Å². The maximum absolute atomic E-state index is 13.2. The highest BCUT2D eigenvalue weighted by atomic mass is 16.5. The molecule has 1 aliphatic rings. The molecule has 44 heavy (non-hydrogen) atoms. The summed E-state index contributed by atoms with van der Waals surface area (Å²) in [5.74, 6) is 1.64. The van der Waals surface area contributed by atoms with Crippen molar-refractivity contribution in [3.8, 4) is 23.0 Å². The van der Waals surface area contributed by atoms with Crippen molar-refractivity contribution >= 4 is 23.7 Å². The molecule has 0 amide bonds. The maximum atomic E-state index is 13.2. The maximum Gasteiger partial charge on any atom is 0.189 e. The molecule has 0 atom stereocenters. The van der Waals surface area contributed by atoms with Gasteiger partial charge in [-0.05, 0) is 71.8 Å². The van der Waals surface area contributed by atoms with Crippen LogP contribution in [-0.4, -0.2) is 38.0 Å². The van der Waals surface area contributed by atoms with Gasteiger partial charge in [-0.1, -0.05) is 73.8 Å². The van der Waals surface area contributed by atoms with Crippen molar-refractivity contribution in [2.24, 2.45) is 0 Å². The normalized spacial score (nSPS) is 16.2. The molecule has 0 unspecified atom stereocenters. The smallest absolute Gasteiger partial charge is 0.189 e. The van der Waals surface area contributed by atoms with Gasteiger partial charge in [0.1, 0.15) is 49.4 Å². The van der Waals surface area contributed by atoms with Gasteiger partial charge in [0.2, 0.25) is 0 Å². The fourth-order valence-electron chi connectivity index (χ4n) is 4.40. The Morgan fingerprint density at radius 2 is 0.727 bits per heavy atom. The molecule has 4 aromatic rings. The van der Waals surface area contributed by atoms with E-state index in [0.717, 1.165) is 11.1 Å². The molecule has 0 saturated heterocycles. The molecule has 0 aliphatic carbocycles. The quantitative estimate of drug-likeness (QED) is 0.196. The average molecular weight is 585 g/mol. The third-order valence-corrected chi connectivity index (χ3v) is 6.70. The summed E-state index contributed by atoms with van der Waals surface area (Å²) in [6.45, 7) is 8.84. The molecule has 220 valence electrons. The summed E-state index contributed by atoms with van der Waals surface area (Å²) in [5, 5.41) is 0. The molecule has 6 heteroatoms. The van der Waals surface area contributed by atoms with Crippen molar-refractivity contribution in [2.45, 2.75) is 0 Å². The van der Waals surface area contributed by atoms with Crippen LogP contribution in [-0.2, 0) is 0 Å². The highest BCUT2D eigenvalue weighted by Crippen LogP contribution is 2.25. The van der Waals surface area contributed by atoms with Gasteiger partial charge >= 0.3 is 0 Å². The van der Waals surface area contributed by atoms with Gasteiger partial charge in [-0.15, -0.1) is 0 Å². The van der Waals surface area contributed by atoms with Crippen LogP contribution in [0.15, 0.2) is 134 Å². The van der Waals surface area contributed by atoms with Crippen LogP contribution in [0, 0.1) is 0 Å². The van der Waals surface area contributed by atoms with Crippen molar-refractivity contribution < 1.29 is 28.5 Å². The molecule has 5 rings (SSSR count). The van der Waals surface area contributed by atoms with E-state index in [1.54, 1.807) is 60.7 Å². The van der Waals surface area contributed by atoms with E-state index in [0.29, 0.717) is 45.3 Å². The van der Waals surface area contributed by atoms with Crippen LogP contribution in [0.1, 0.15) is 31.8 Å². The monoisotopic (exact) mass is 584 g/mol. The van der Waals surface area contributed by atoms with E-state index in [1.165, 1.54) is 12.2 Å². The molecular formula is C38H32O6. The second-order valence-electron chi connectivity index (χ2n) is 10.1. The molecule has 0 aromatic heterocycles. The first-order valence-corrected chi connectivity index (χ1v) is 14.1. The van der Waals surface area contributed by atoms with Crippen LogP contribution in [0.5, 0.6) is 23.0 Å². The van der Waals surface area contributed by atoms with Crippen LogP contribution in [0.4, 0.5) is 0 Å². The minimum atomic E-state index is -0.219. The number of ketones is 2. The van der Waals surface area contributed by atoms with Gasteiger partial charge in [0.05, 0.1) is 11.1 Å². The number of allylic oxidation sites excluding steroid dienone is 2. The van der Waals surface area contributed by atoms with Crippen molar-refractivity contribution in [3.63, 3.8) is 0 Å². The molecule has 0 saturated carbocycles. The van der Waals surface area contributed by atoms with E-state index in [2.05, 4.69) is 13.2 Å². The molecule has 0 bridgehead atoms. The fraction of sp³-hybridized carbons (Fsp3) is 0.105. The van der Waals surface area contributed by atoms with Crippen LogP contribution < -0.4 is 18.9 Å². The van der Waals surface area contributed by atoms with Crippen molar-refractivity contribution in [1.29, 1.82) is 0 Å². The van der Waals surface area contributed by atoms with E-state index in [1.807, 2.05) is 48.5 Å². The zero-order valence-electron chi connectivity index (χ0n) is 24.2. The van der Waals surface area contributed by atoms with Gasteiger partial charge in [0, 0.05) is 11.1 Å². The molecule has 0 spiro atoms. The molecule has 0 radical (unpaired) electrons. The molecule has 6 nitrogen and oxygen atoms in total. The molecule has 4 aromatic carbocycles. The third-order valence-electron chi connectivity index (χ3n) is 6.70. The fourth-order valence-corrected chi connectivity index (χ4v) is 4.40. The lowest BCUT2D eigenvalue weighted by atomic mass is 10.1. The van der Waals surface area contributed by atoms with Gasteiger partial charge < -0.3 is 18.9 Å². The Kier molecular flexibility index (Phi) is 9.85. The van der Waals surface area contributed by atoms with E-state index in [9.17, 15) is 9.59 Å². The van der Waals surface area contributed by atoms with Crippen molar-refractivity contribution in [1.82, 2.24) is 0 Å². The number of hydrogen-bond acceptors (Lipinski definition) is 6. The van der Waals surface area contributed by atoms with E-state index >= 15 is 0 Å². The Morgan fingerprint density at radius 3 is 1.14 bits per heavy atom. The molecule has 1 heterocycles. The van der Waals surface area contributed by atoms with E-state index in [4.69, 9.17) is 18.9 Å². The SMILES string of the molecule is C=C1COc2ccccc2/C=C\C(=O)c2ccccc2OCC(=C)COc2ccccc2C(=O)/C=C\c2ccccc2OC1. The van der Waals surface area contributed by atoms with Crippen LogP contribution in [0.2, 0.25) is 0 Å². The Labute approximate surface area is 257 Å². The number of carbonyl (C=O) groups excluding carboxylic acids is 2. The zero-order valence-corrected chi connectivity index (χ0v) is 24.2. The number of hydrogen-bond donors (Lipinski definition) is 0. The summed E-state index contributed by atoms with van der Waals surface area (Å²) >= 11 is 0. The van der Waals surface area contributed by atoms with Crippen molar-refractivity contribution in [3.05, 3.63) is 156 Å². The first kappa shape index (κ1) is 29.9. The predicted octanol–water partition coefficient (Wildman–Crippen LogP) is 7.82. The number of benzene rings is 4. The first-order valence-electron chi connectivity index (χ1n) is 14.1. The van der Waals surface area contributed by atoms with E-state index < -0.39 is 0 Å². The third kappa shape index (κ3) is 7.81. The minimum Gasteiger partial charge on any atom is -0.489 e. The standard InChI is InChI=1S/C38H32O6/c1-27-23-41-35-15-7-3-11-29(35)19-21-33(39)31-13-5-9-17-37(31)43-25-28(2)26-44-38-18-10-6-14-32(38)34(40)22-20-30-12-4-8-16-36(30)42-24-27/h3-22H,1-2,23-26H2/b21-19-,22-20-. The average Bonchev–Trinajstić information content (AvgIpc) is 3.06. The Bertz CT molecular complexity index is 1620. The topological polar surface area (TPSA) is 71.1 Å². The highest BCUT2D eigenvalue weighted by Gasteiger charge is 2.13. The minimum absolute atomic E-state index is 0.126. The second-order valence-corrected chi connectivity index (χ2v) is 10.1. The zero-order chi connectivity index (χ0) is 30.7. The summed E-state index contributed by atoms with van der Waals surface area (Å²) in [5.41, 5.74) is 3.66. The lowest BCUT2D eigenvalue weighted by molar-refractivity contribution is 0.103. The second kappa shape index (κ2) is 14.5. The number of carbonyl (C=O) groups is 2. The Hall–Kier alpha value is -5.62. The van der Waals surface area contributed by atoms with Gasteiger partial charge in [-0.25, -0.2) is 0 Å². The van der Waals surface area contributed by atoms with Gasteiger partial charge in [-0.3, -0.25) is 9.59 Å². The summed E-state index contributed by atoms with van der Waals surface area (Å²) in [4.78, 5) is 26.4. The molecule has 1 aliphatic heterocycles.